The minimum atomic E-state index is -0.837. The fourth-order valence-electron chi connectivity index (χ4n) is 3.42. The minimum absolute atomic E-state index is 0.0734. The van der Waals surface area contributed by atoms with Crippen molar-refractivity contribution in [2.75, 3.05) is 5.32 Å². The normalized spacial score (nSPS) is 24.9. The molecule has 3 heterocycles. The quantitative estimate of drug-likeness (QED) is 0.795. The zero-order valence-corrected chi connectivity index (χ0v) is 15.8. The molecule has 4 rings (SSSR count). The molecule has 1 amide bonds. The lowest BCUT2D eigenvalue weighted by Crippen LogP contribution is -2.43. The van der Waals surface area contributed by atoms with E-state index in [4.69, 9.17) is 0 Å². The van der Waals surface area contributed by atoms with Crippen LogP contribution in [-0.2, 0) is 15.0 Å². The van der Waals surface area contributed by atoms with Crippen molar-refractivity contribution in [3.8, 4) is 0 Å². The first-order chi connectivity index (χ1) is 12.3. The fraction of sp³-hybridized carbons (Fsp3) is 0.350. The summed E-state index contributed by atoms with van der Waals surface area (Å²) in [6, 6.07) is 5.91. The second-order valence-electron chi connectivity index (χ2n) is 7.76. The molecular formula is C20H21N3O2S. The van der Waals surface area contributed by atoms with Crippen LogP contribution in [0.2, 0.25) is 0 Å². The topological polar surface area (TPSA) is 74.3 Å². The van der Waals surface area contributed by atoms with Crippen molar-refractivity contribution in [2.24, 2.45) is 10.9 Å². The molecule has 0 saturated carbocycles. The molecule has 2 aromatic rings. The van der Waals surface area contributed by atoms with Gasteiger partial charge in [-0.2, -0.15) is 0 Å². The molecule has 0 spiro atoms. The Labute approximate surface area is 156 Å². The monoisotopic (exact) mass is 367 g/mol. The van der Waals surface area contributed by atoms with Crippen molar-refractivity contribution in [3.05, 3.63) is 41.4 Å². The number of aromatic amines is 1. The number of anilines is 1. The Balaban J connectivity index is 1.65. The number of fused-ring (bicyclic) bond motifs is 2. The van der Waals surface area contributed by atoms with Gasteiger partial charge in [-0.05, 0) is 40.0 Å². The maximum Gasteiger partial charge on any atom is 0.240 e. The van der Waals surface area contributed by atoms with Gasteiger partial charge in [-0.3, -0.25) is 14.6 Å². The summed E-state index contributed by atoms with van der Waals surface area (Å²) in [5.74, 6) is -1.23. The lowest BCUT2D eigenvalue weighted by atomic mass is 9.84. The van der Waals surface area contributed by atoms with Crippen LogP contribution < -0.4 is 5.32 Å². The van der Waals surface area contributed by atoms with Crippen LogP contribution in [0.4, 0.5) is 5.69 Å². The number of aromatic nitrogens is 1. The summed E-state index contributed by atoms with van der Waals surface area (Å²) in [7, 11) is 0. The lowest BCUT2D eigenvalue weighted by molar-refractivity contribution is -0.128. The van der Waals surface area contributed by atoms with E-state index in [2.05, 4.69) is 42.1 Å². The van der Waals surface area contributed by atoms with Gasteiger partial charge in [0.05, 0.1) is 11.3 Å². The molecule has 5 nitrogen and oxygen atoms in total. The van der Waals surface area contributed by atoms with Gasteiger partial charge in [0.15, 0.2) is 5.78 Å². The van der Waals surface area contributed by atoms with Gasteiger partial charge in [0.25, 0.3) is 0 Å². The van der Waals surface area contributed by atoms with E-state index < -0.39 is 5.92 Å². The average Bonchev–Trinajstić information content (AvgIpc) is 3.21. The van der Waals surface area contributed by atoms with Gasteiger partial charge < -0.3 is 10.3 Å². The number of carbonyl (C=O) groups is 2. The van der Waals surface area contributed by atoms with Gasteiger partial charge >= 0.3 is 0 Å². The summed E-state index contributed by atoms with van der Waals surface area (Å²) in [6.07, 6.45) is 5.29. The Morgan fingerprint density at radius 2 is 2.12 bits per heavy atom. The van der Waals surface area contributed by atoms with Gasteiger partial charge in [0.1, 0.15) is 5.92 Å². The number of hydrogen-bond donors (Lipinski definition) is 2. The predicted octanol–water partition coefficient (Wildman–Crippen LogP) is 3.67. The van der Waals surface area contributed by atoms with Crippen LogP contribution in [0.1, 0.15) is 26.3 Å². The van der Waals surface area contributed by atoms with Crippen molar-refractivity contribution in [2.45, 2.75) is 37.5 Å². The molecule has 0 bridgehead atoms. The Bertz CT molecular complexity index is 952. The van der Waals surface area contributed by atoms with Crippen molar-refractivity contribution in [1.29, 1.82) is 0 Å². The fourth-order valence-corrected chi connectivity index (χ4v) is 4.45. The molecule has 0 saturated heterocycles. The first-order valence-corrected chi connectivity index (χ1v) is 9.60. The van der Waals surface area contributed by atoms with Gasteiger partial charge in [-0.1, -0.05) is 26.8 Å². The molecule has 0 radical (unpaired) electrons. The van der Waals surface area contributed by atoms with Gasteiger partial charge in [-0.15, -0.1) is 11.8 Å². The number of benzene rings is 1. The Morgan fingerprint density at radius 1 is 1.31 bits per heavy atom. The largest absolute Gasteiger partial charge is 0.361 e. The number of hydrogen-bond acceptors (Lipinski definition) is 4. The number of Topliss-reactive ketones (excluding diaryl/α,β-unsaturated/α-hetero) is 1. The van der Waals surface area contributed by atoms with Gasteiger partial charge in [0, 0.05) is 23.6 Å². The maximum absolute atomic E-state index is 12.9. The number of carbonyl (C=O) groups excluding carboxylic acids is 2. The molecule has 6 heteroatoms. The van der Waals surface area contributed by atoms with E-state index in [0.717, 1.165) is 22.2 Å². The van der Waals surface area contributed by atoms with Crippen LogP contribution in [0, 0.1) is 5.92 Å². The van der Waals surface area contributed by atoms with E-state index >= 15 is 0 Å². The van der Waals surface area contributed by atoms with E-state index in [1.54, 1.807) is 0 Å². The number of amides is 1. The van der Waals surface area contributed by atoms with Crippen molar-refractivity contribution >= 4 is 46.3 Å². The summed E-state index contributed by atoms with van der Waals surface area (Å²) < 4.78 is 0. The third-order valence-corrected chi connectivity index (χ3v) is 5.96. The molecular weight excluding hydrogens is 346 g/mol. The highest BCUT2D eigenvalue weighted by Crippen LogP contribution is 2.35. The smallest absolute Gasteiger partial charge is 0.240 e. The van der Waals surface area contributed by atoms with Crippen LogP contribution >= 0.6 is 11.8 Å². The van der Waals surface area contributed by atoms with Gasteiger partial charge in [0.2, 0.25) is 5.91 Å². The Hall–Kier alpha value is -2.34. The summed E-state index contributed by atoms with van der Waals surface area (Å²) in [4.78, 5) is 33.1. The molecule has 0 fully saturated rings. The number of nitrogens with zero attached hydrogens (tertiary/aromatic N) is 1. The van der Waals surface area contributed by atoms with Crippen molar-refractivity contribution in [1.82, 2.24) is 4.98 Å². The predicted molar refractivity (Wildman–Crippen MR) is 107 cm³/mol. The van der Waals surface area contributed by atoms with Crippen LogP contribution in [0.3, 0.4) is 0 Å². The second-order valence-corrected chi connectivity index (χ2v) is 8.81. The van der Waals surface area contributed by atoms with Crippen molar-refractivity contribution in [3.63, 3.8) is 0 Å². The van der Waals surface area contributed by atoms with E-state index in [-0.39, 0.29) is 28.4 Å². The number of ketones is 1. The molecule has 3 atom stereocenters. The zero-order chi connectivity index (χ0) is 18.5. The molecule has 2 aliphatic heterocycles. The minimum Gasteiger partial charge on any atom is -0.361 e. The van der Waals surface area contributed by atoms with Crippen LogP contribution in [0.5, 0.6) is 0 Å². The number of nitrogens with one attached hydrogen (secondary N) is 2. The molecule has 2 N–H and O–H groups in total. The highest BCUT2D eigenvalue weighted by Gasteiger charge is 2.40. The first-order valence-electron chi connectivity index (χ1n) is 8.66. The third-order valence-electron chi connectivity index (χ3n) is 4.85. The van der Waals surface area contributed by atoms with Crippen LogP contribution in [0.25, 0.3) is 10.9 Å². The first kappa shape index (κ1) is 17.1. The molecule has 26 heavy (non-hydrogen) atoms. The summed E-state index contributed by atoms with van der Waals surface area (Å²) in [5, 5.41) is 5.69. The summed E-state index contributed by atoms with van der Waals surface area (Å²) >= 11 is 1.44. The van der Waals surface area contributed by atoms with Crippen LogP contribution in [-0.4, -0.2) is 34.2 Å². The molecule has 134 valence electrons. The Morgan fingerprint density at radius 3 is 2.88 bits per heavy atom. The van der Waals surface area contributed by atoms with E-state index in [1.807, 2.05) is 29.8 Å². The number of H-pyrrole nitrogens is 1. The van der Waals surface area contributed by atoms with E-state index in [9.17, 15) is 9.59 Å². The molecule has 3 unspecified atom stereocenters. The van der Waals surface area contributed by atoms with Gasteiger partial charge in [-0.25, -0.2) is 0 Å². The highest BCUT2D eigenvalue weighted by molar-refractivity contribution is 8.03. The Kier molecular flexibility index (Phi) is 4.03. The van der Waals surface area contributed by atoms with Crippen molar-refractivity contribution < 1.29 is 9.59 Å². The second kappa shape index (κ2) is 6.13. The highest BCUT2D eigenvalue weighted by atomic mass is 32.2. The molecule has 0 aliphatic carbocycles. The van der Waals surface area contributed by atoms with E-state index in [0.29, 0.717) is 0 Å². The lowest BCUT2D eigenvalue weighted by Gasteiger charge is -2.26. The summed E-state index contributed by atoms with van der Waals surface area (Å²) in [5.41, 5.74) is 2.58. The molecule has 1 aromatic heterocycles. The van der Waals surface area contributed by atoms with E-state index in [1.165, 1.54) is 18.0 Å². The standard InChI is InChI=1S/C20H21N3O2S/c1-20(2,3)13-8-11-4-6-21-15(11)9-16(13)23-19(25)12-10-22-14-5-7-26-18(14)17(12)24/h4-10,12,14,18,21H,1-3H3,(H,23,25). The SMILES string of the molecule is CC(C)(C)c1cc2cc[nH]c2cc1NC(=O)C1C=NC2C=CSC2C1=O. The maximum atomic E-state index is 12.9. The number of rotatable bonds is 2. The summed E-state index contributed by atoms with van der Waals surface area (Å²) in [6.45, 7) is 6.32. The molecule has 1 aromatic carbocycles. The van der Waals surface area contributed by atoms with Crippen LogP contribution in [0.15, 0.2) is 40.9 Å². The number of aliphatic imine (C=N–C) groups is 1. The number of thioether (sulfide) groups is 1. The zero-order valence-electron chi connectivity index (χ0n) is 14.9. The average molecular weight is 367 g/mol. The third kappa shape index (κ3) is 2.88. The molecule has 2 aliphatic rings.